The van der Waals surface area contributed by atoms with E-state index in [2.05, 4.69) is 44.8 Å². The van der Waals surface area contributed by atoms with Crippen molar-refractivity contribution >= 4 is 16.5 Å². The van der Waals surface area contributed by atoms with Gasteiger partial charge in [-0.2, -0.15) is 0 Å². The van der Waals surface area contributed by atoms with E-state index in [1.54, 1.807) is 7.11 Å². The summed E-state index contributed by atoms with van der Waals surface area (Å²) in [5.41, 5.74) is 1.30. The lowest BCUT2D eigenvalue weighted by Crippen LogP contribution is -2.22. The summed E-state index contributed by atoms with van der Waals surface area (Å²) < 4.78 is 5.07. The number of nitrogens with one attached hydrogen (secondary N) is 1. The minimum Gasteiger partial charge on any atom is -0.383 e. The number of hydrogen-bond donors (Lipinski definition) is 1. The van der Waals surface area contributed by atoms with Crippen molar-refractivity contribution in [1.29, 1.82) is 0 Å². The van der Waals surface area contributed by atoms with Crippen molar-refractivity contribution in [3.8, 4) is 0 Å². The Morgan fingerprint density at radius 2 is 1.90 bits per heavy atom. The molecular weight excluding hydrogens is 270 g/mol. The van der Waals surface area contributed by atoms with Gasteiger partial charge in [-0.3, -0.25) is 0 Å². The van der Waals surface area contributed by atoms with Gasteiger partial charge < -0.3 is 15.0 Å². The molecule has 0 aromatic carbocycles. The predicted octanol–water partition coefficient (Wildman–Crippen LogP) is 3.02. The van der Waals surface area contributed by atoms with Crippen LogP contribution in [0.2, 0.25) is 0 Å². The number of hydrogen-bond acceptors (Lipinski definition) is 5. The molecular formula is C15H29N3OS. The number of nitrogens with zero attached hydrogens (tertiary/aromatic N) is 2. The van der Waals surface area contributed by atoms with Crippen LogP contribution in [0.5, 0.6) is 0 Å². The topological polar surface area (TPSA) is 37.4 Å². The minimum absolute atomic E-state index is 0.0835. The summed E-state index contributed by atoms with van der Waals surface area (Å²) >= 11 is 1.81. The van der Waals surface area contributed by atoms with E-state index in [0.717, 1.165) is 37.9 Å². The third-order valence-electron chi connectivity index (χ3n) is 3.20. The maximum Gasteiger partial charge on any atom is 0.185 e. The SMILES string of the molecule is CCN(CC)c1nc(C(C)(C)C)c(CNCCOC)s1. The van der Waals surface area contributed by atoms with Crippen molar-refractivity contribution < 1.29 is 4.74 Å². The van der Waals surface area contributed by atoms with Gasteiger partial charge in [-0.15, -0.1) is 11.3 Å². The van der Waals surface area contributed by atoms with Crippen molar-refractivity contribution in [1.82, 2.24) is 10.3 Å². The molecule has 0 amide bonds. The first-order chi connectivity index (χ1) is 9.43. The smallest absolute Gasteiger partial charge is 0.185 e. The molecule has 1 aromatic heterocycles. The Kier molecular flexibility index (Phi) is 6.92. The largest absolute Gasteiger partial charge is 0.383 e. The molecule has 0 spiro atoms. The Bertz CT molecular complexity index is 394. The van der Waals surface area contributed by atoms with Gasteiger partial charge in [0.15, 0.2) is 5.13 Å². The van der Waals surface area contributed by atoms with Crippen LogP contribution in [-0.2, 0) is 16.7 Å². The highest BCUT2D eigenvalue weighted by atomic mass is 32.1. The average molecular weight is 299 g/mol. The van der Waals surface area contributed by atoms with Crippen LogP contribution in [-0.4, -0.2) is 38.3 Å². The lowest BCUT2D eigenvalue weighted by atomic mass is 9.91. The Hall–Kier alpha value is -0.650. The molecule has 1 N–H and O–H groups in total. The fourth-order valence-electron chi connectivity index (χ4n) is 2.05. The van der Waals surface area contributed by atoms with Crippen molar-refractivity contribution in [3.63, 3.8) is 0 Å². The molecule has 0 saturated heterocycles. The van der Waals surface area contributed by atoms with Crippen LogP contribution in [0.15, 0.2) is 0 Å². The summed E-state index contributed by atoms with van der Waals surface area (Å²) in [5.74, 6) is 0. The highest BCUT2D eigenvalue weighted by molar-refractivity contribution is 7.15. The maximum absolute atomic E-state index is 5.07. The predicted molar refractivity (Wildman–Crippen MR) is 88.0 cm³/mol. The summed E-state index contributed by atoms with van der Waals surface area (Å²) in [6, 6.07) is 0. The normalized spacial score (nSPS) is 11.9. The molecule has 116 valence electrons. The zero-order chi connectivity index (χ0) is 15.2. The Morgan fingerprint density at radius 3 is 2.40 bits per heavy atom. The Balaban J connectivity index is 2.89. The zero-order valence-electron chi connectivity index (χ0n) is 13.7. The molecule has 1 rings (SSSR count). The van der Waals surface area contributed by atoms with Crippen molar-refractivity contribution in [2.75, 3.05) is 38.3 Å². The summed E-state index contributed by atoms with van der Waals surface area (Å²) in [7, 11) is 1.73. The maximum atomic E-state index is 5.07. The van der Waals surface area contributed by atoms with Gasteiger partial charge in [0.2, 0.25) is 0 Å². The van der Waals surface area contributed by atoms with Crippen molar-refractivity contribution in [2.24, 2.45) is 0 Å². The van der Waals surface area contributed by atoms with Crippen LogP contribution < -0.4 is 10.2 Å². The first-order valence-corrected chi connectivity index (χ1v) is 8.20. The molecule has 4 nitrogen and oxygen atoms in total. The van der Waals surface area contributed by atoms with E-state index in [-0.39, 0.29) is 5.41 Å². The van der Waals surface area contributed by atoms with E-state index in [1.807, 2.05) is 11.3 Å². The Morgan fingerprint density at radius 1 is 1.25 bits per heavy atom. The van der Waals surface area contributed by atoms with E-state index < -0.39 is 0 Å². The molecule has 0 atom stereocenters. The summed E-state index contributed by atoms with van der Waals surface area (Å²) in [6.07, 6.45) is 0. The van der Waals surface area contributed by atoms with Crippen LogP contribution in [0.3, 0.4) is 0 Å². The van der Waals surface area contributed by atoms with Gasteiger partial charge in [0.05, 0.1) is 12.3 Å². The molecule has 20 heavy (non-hydrogen) atoms. The molecule has 0 radical (unpaired) electrons. The molecule has 0 unspecified atom stereocenters. The fraction of sp³-hybridized carbons (Fsp3) is 0.800. The van der Waals surface area contributed by atoms with Gasteiger partial charge >= 0.3 is 0 Å². The van der Waals surface area contributed by atoms with Crippen molar-refractivity contribution in [3.05, 3.63) is 10.6 Å². The summed E-state index contributed by atoms with van der Waals surface area (Å²) in [5, 5.41) is 4.57. The molecule has 0 aliphatic carbocycles. The van der Waals surface area contributed by atoms with Gasteiger partial charge in [-0.25, -0.2) is 4.98 Å². The first-order valence-electron chi connectivity index (χ1n) is 7.38. The second-order valence-electron chi connectivity index (χ2n) is 5.86. The van der Waals surface area contributed by atoms with Crippen LogP contribution in [0.25, 0.3) is 0 Å². The molecule has 0 aliphatic heterocycles. The summed E-state index contributed by atoms with van der Waals surface area (Å²) in [4.78, 5) is 8.56. The quantitative estimate of drug-likeness (QED) is 0.749. The zero-order valence-corrected chi connectivity index (χ0v) is 14.6. The third kappa shape index (κ3) is 4.72. The van der Waals surface area contributed by atoms with Gasteiger partial charge in [0.1, 0.15) is 0 Å². The van der Waals surface area contributed by atoms with E-state index in [0.29, 0.717) is 0 Å². The van der Waals surface area contributed by atoms with Gasteiger partial charge in [-0.05, 0) is 13.8 Å². The molecule has 0 bridgehead atoms. The minimum atomic E-state index is 0.0835. The number of rotatable bonds is 8. The lowest BCUT2D eigenvalue weighted by Gasteiger charge is -2.19. The van der Waals surface area contributed by atoms with Crippen LogP contribution in [0.1, 0.15) is 45.2 Å². The monoisotopic (exact) mass is 299 g/mol. The van der Waals surface area contributed by atoms with Crippen molar-refractivity contribution in [2.45, 2.75) is 46.6 Å². The molecule has 1 heterocycles. The number of methoxy groups -OCH3 is 1. The average Bonchev–Trinajstić information content (AvgIpc) is 2.80. The number of ether oxygens (including phenoxy) is 1. The molecule has 5 heteroatoms. The highest BCUT2D eigenvalue weighted by Gasteiger charge is 2.24. The lowest BCUT2D eigenvalue weighted by molar-refractivity contribution is 0.199. The van der Waals surface area contributed by atoms with Gasteiger partial charge in [-0.1, -0.05) is 20.8 Å². The fourth-order valence-corrected chi connectivity index (χ4v) is 3.42. The van der Waals surface area contributed by atoms with E-state index in [4.69, 9.17) is 9.72 Å². The highest BCUT2D eigenvalue weighted by Crippen LogP contribution is 2.33. The summed E-state index contributed by atoms with van der Waals surface area (Å²) in [6.45, 7) is 15.5. The number of aromatic nitrogens is 1. The van der Waals surface area contributed by atoms with E-state index >= 15 is 0 Å². The van der Waals surface area contributed by atoms with Gasteiger partial charge in [0, 0.05) is 43.6 Å². The second kappa shape index (κ2) is 7.96. The van der Waals surface area contributed by atoms with Crippen LogP contribution >= 0.6 is 11.3 Å². The first kappa shape index (κ1) is 17.4. The second-order valence-corrected chi connectivity index (χ2v) is 6.92. The number of anilines is 1. The molecule has 0 saturated carbocycles. The molecule has 1 aromatic rings. The third-order valence-corrected chi connectivity index (χ3v) is 4.32. The van der Waals surface area contributed by atoms with E-state index in [9.17, 15) is 0 Å². The molecule has 0 aliphatic rings. The van der Waals surface area contributed by atoms with Crippen LogP contribution in [0, 0.1) is 0 Å². The van der Waals surface area contributed by atoms with Gasteiger partial charge in [0.25, 0.3) is 0 Å². The van der Waals surface area contributed by atoms with E-state index in [1.165, 1.54) is 10.6 Å². The Labute approximate surface area is 127 Å². The number of thiazole rings is 1. The van der Waals surface area contributed by atoms with Crippen LogP contribution in [0.4, 0.5) is 5.13 Å². The standard InChI is InChI=1S/C15H29N3OS/c1-7-18(8-2)14-17-13(15(3,4)5)12(20-14)11-16-9-10-19-6/h16H,7-11H2,1-6H3. The molecule has 0 fully saturated rings.